The summed E-state index contributed by atoms with van der Waals surface area (Å²) in [5, 5.41) is 12.6. The first-order valence-corrected chi connectivity index (χ1v) is 8.71. The van der Waals surface area contributed by atoms with Crippen LogP contribution in [0.4, 0.5) is 5.82 Å². The summed E-state index contributed by atoms with van der Waals surface area (Å²) in [4.78, 5) is 20.8. The van der Waals surface area contributed by atoms with Crippen molar-refractivity contribution in [2.75, 3.05) is 31.1 Å². The van der Waals surface area contributed by atoms with Gasteiger partial charge in [-0.25, -0.2) is 4.98 Å². The van der Waals surface area contributed by atoms with E-state index >= 15 is 0 Å². The topological polar surface area (TPSA) is 72.3 Å². The molecule has 2 aliphatic heterocycles. The molecular weight excluding hydrogens is 302 g/mol. The molecule has 0 aliphatic carbocycles. The lowest BCUT2D eigenvalue weighted by atomic mass is 9.89. The van der Waals surface area contributed by atoms with Crippen LogP contribution in [0.3, 0.4) is 0 Å². The van der Waals surface area contributed by atoms with E-state index in [0.717, 1.165) is 44.6 Å². The van der Waals surface area contributed by atoms with Crippen molar-refractivity contribution in [2.45, 2.75) is 44.2 Å². The van der Waals surface area contributed by atoms with Gasteiger partial charge in [0.25, 0.3) is 0 Å². The molecule has 3 heterocycles. The van der Waals surface area contributed by atoms with Crippen LogP contribution in [0.1, 0.15) is 32.6 Å². The number of nitrogens with zero attached hydrogens (tertiary/aromatic N) is 4. The molecule has 0 bridgehead atoms. The Labute approximate surface area is 143 Å². The minimum Gasteiger partial charge on any atom is -0.356 e. The molecule has 2 saturated heterocycles. The van der Waals surface area contributed by atoms with Crippen LogP contribution in [0.5, 0.6) is 0 Å². The SMILES string of the molecule is CC1(NCC(=O)N2CCC[C@H]2C#N)CCN(c2ccccn2)CC1. The molecule has 0 saturated carbocycles. The van der Waals surface area contributed by atoms with Gasteiger partial charge in [0.1, 0.15) is 11.9 Å². The molecule has 0 aromatic carbocycles. The highest BCUT2D eigenvalue weighted by Gasteiger charge is 2.33. The lowest BCUT2D eigenvalue weighted by Crippen LogP contribution is -2.54. The maximum Gasteiger partial charge on any atom is 0.237 e. The van der Waals surface area contributed by atoms with Gasteiger partial charge in [-0.05, 0) is 44.7 Å². The van der Waals surface area contributed by atoms with Crippen LogP contribution in [-0.2, 0) is 4.79 Å². The predicted molar refractivity (Wildman–Crippen MR) is 92.4 cm³/mol. The van der Waals surface area contributed by atoms with E-state index in [9.17, 15) is 4.79 Å². The number of piperidine rings is 1. The molecule has 1 aromatic heterocycles. The Kier molecular flexibility index (Phi) is 5.00. The number of hydrogen-bond acceptors (Lipinski definition) is 5. The predicted octanol–water partition coefficient (Wildman–Crippen LogP) is 1.54. The number of carbonyl (C=O) groups is 1. The number of likely N-dealkylation sites (tertiary alicyclic amines) is 1. The molecule has 3 rings (SSSR count). The van der Waals surface area contributed by atoms with Gasteiger partial charge in [-0.1, -0.05) is 6.07 Å². The number of hydrogen-bond donors (Lipinski definition) is 1. The molecule has 2 fully saturated rings. The number of carbonyl (C=O) groups excluding carboxylic acids is 1. The van der Waals surface area contributed by atoms with Crippen LogP contribution < -0.4 is 10.2 Å². The summed E-state index contributed by atoms with van der Waals surface area (Å²) in [6.45, 7) is 5.07. The van der Waals surface area contributed by atoms with Crippen molar-refractivity contribution in [3.05, 3.63) is 24.4 Å². The highest BCUT2D eigenvalue weighted by atomic mass is 16.2. The second-order valence-electron chi connectivity index (χ2n) is 6.96. The van der Waals surface area contributed by atoms with Crippen molar-refractivity contribution in [1.29, 1.82) is 5.26 Å². The third-order valence-electron chi connectivity index (χ3n) is 5.23. The molecule has 2 aliphatic rings. The Bertz CT molecular complexity index is 604. The second-order valence-corrected chi connectivity index (χ2v) is 6.96. The number of aromatic nitrogens is 1. The smallest absolute Gasteiger partial charge is 0.237 e. The van der Waals surface area contributed by atoms with Crippen LogP contribution in [-0.4, -0.2) is 53.6 Å². The summed E-state index contributed by atoms with van der Waals surface area (Å²) in [6, 6.07) is 7.97. The normalized spacial score (nSPS) is 23.1. The Morgan fingerprint density at radius 1 is 1.42 bits per heavy atom. The van der Waals surface area contributed by atoms with E-state index in [1.165, 1.54) is 0 Å². The van der Waals surface area contributed by atoms with Crippen LogP contribution >= 0.6 is 0 Å². The summed E-state index contributed by atoms with van der Waals surface area (Å²) < 4.78 is 0. The van der Waals surface area contributed by atoms with Gasteiger partial charge in [-0.2, -0.15) is 5.26 Å². The zero-order valence-corrected chi connectivity index (χ0v) is 14.2. The average Bonchev–Trinajstić information content (AvgIpc) is 3.10. The Hall–Kier alpha value is -2.13. The number of pyridine rings is 1. The quantitative estimate of drug-likeness (QED) is 0.908. The van der Waals surface area contributed by atoms with E-state index in [0.29, 0.717) is 13.1 Å². The average molecular weight is 327 g/mol. The molecule has 6 nitrogen and oxygen atoms in total. The summed E-state index contributed by atoms with van der Waals surface area (Å²) in [5.41, 5.74) is -0.0389. The van der Waals surface area contributed by atoms with Crippen LogP contribution in [0, 0.1) is 11.3 Å². The van der Waals surface area contributed by atoms with Crippen molar-refractivity contribution < 1.29 is 4.79 Å². The minimum absolute atomic E-state index is 0.0389. The van der Waals surface area contributed by atoms with Gasteiger partial charge < -0.3 is 15.1 Å². The minimum atomic E-state index is -0.238. The fourth-order valence-electron chi connectivity index (χ4n) is 3.54. The fraction of sp³-hybridized carbons (Fsp3) is 0.611. The van der Waals surface area contributed by atoms with Crippen LogP contribution in [0.2, 0.25) is 0 Å². The summed E-state index contributed by atoms with van der Waals surface area (Å²) >= 11 is 0. The van der Waals surface area contributed by atoms with Gasteiger partial charge in [0.2, 0.25) is 5.91 Å². The van der Waals surface area contributed by atoms with Gasteiger partial charge >= 0.3 is 0 Å². The molecule has 0 spiro atoms. The number of nitrogens with one attached hydrogen (secondary N) is 1. The summed E-state index contributed by atoms with van der Waals surface area (Å²) in [7, 11) is 0. The van der Waals surface area contributed by atoms with E-state index in [1.54, 1.807) is 4.90 Å². The molecule has 128 valence electrons. The molecule has 6 heteroatoms. The maximum atomic E-state index is 12.4. The lowest BCUT2D eigenvalue weighted by molar-refractivity contribution is -0.130. The number of nitriles is 1. The Morgan fingerprint density at radius 3 is 2.88 bits per heavy atom. The van der Waals surface area contributed by atoms with Gasteiger partial charge in [-0.3, -0.25) is 4.79 Å². The highest BCUT2D eigenvalue weighted by Crippen LogP contribution is 2.25. The van der Waals surface area contributed by atoms with Crippen LogP contribution in [0.15, 0.2) is 24.4 Å². The van der Waals surface area contributed by atoms with Crippen molar-refractivity contribution in [2.24, 2.45) is 0 Å². The summed E-state index contributed by atoms with van der Waals surface area (Å²) in [6.07, 6.45) is 5.50. The molecule has 0 unspecified atom stereocenters. The third kappa shape index (κ3) is 3.68. The van der Waals surface area contributed by atoms with Gasteiger partial charge in [0.05, 0.1) is 12.6 Å². The number of rotatable bonds is 4. The first-order chi connectivity index (χ1) is 11.6. The highest BCUT2D eigenvalue weighted by molar-refractivity contribution is 5.79. The maximum absolute atomic E-state index is 12.4. The van der Waals surface area contributed by atoms with Crippen molar-refractivity contribution in [1.82, 2.24) is 15.2 Å². The van der Waals surface area contributed by atoms with E-state index in [-0.39, 0.29) is 17.5 Å². The van der Waals surface area contributed by atoms with E-state index < -0.39 is 0 Å². The fourth-order valence-corrected chi connectivity index (χ4v) is 3.54. The first kappa shape index (κ1) is 16.7. The zero-order valence-electron chi connectivity index (χ0n) is 14.2. The third-order valence-corrected chi connectivity index (χ3v) is 5.23. The van der Waals surface area contributed by atoms with E-state index in [2.05, 4.69) is 28.2 Å². The standard InChI is InChI=1S/C18H25N5O/c1-18(21-14-17(24)23-10-4-5-15(23)13-19)7-11-22(12-8-18)16-6-2-3-9-20-16/h2-3,6,9,15,21H,4-5,7-8,10-12,14H2,1H3/t15-/m0/s1. The van der Waals surface area contributed by atoms with Gasteiger partial charge in [-0.15, -0.1) is 0 Å². The van der Waals surface area contributed by atoms with Gasteiger partial charge in [0.15, 0.2) is 0 Å². The zero-order chi connectivity index (χ0) is 17.0. The molecule has 1 atom stereocenters. The molecule has 24 heavy (non-hydrogen) atoms. The Balaban J connectivity index is 1.50. The van der Waals surface area contributed by atoms with Crippen LogP contribution in [0.25, 0.3) is 0 Å². The van der Waals surface area contributed by atoms with Crippen molar-refractivity contribution in [3.63, 3.8) is 0 Å². The lowest BCUT2D eigenvalue weighted by Gasteiger charge is -2.40. The summed E-state index contributed by atoms with van der Waals surface area (Å²) in [5.74, 6) is 1.07. The molecule has 1 N–H and O–H groups in total. The van der Waals surface area contributed by atoms with E-state index in [1.807, 2.05) is 24.4 Å². The first-order valence-electron chi connectivity index (χ1n) is 8.71. The number of amides is 1. The monoisotopic (exact) mass is 327 g/mol. The Morgan fingerprint density at radius 2 is 2.21 bits per heavy atom. The number of anilines is 1. The largest absolute Gasteiger partial charge is 0.356 e. The van der Waals surface area contributed by atoms with Crippen molar-refractivity contribution >= 4 is 11.7 Å². The van der Waals surface area contributed by atoms with Gasteiger partial charge in [0, 0.05) is 31.4 Å². The molecule has 1 amide bonds. The molecular formula is C18H25N5O. The second kappa shape index (κ2) is 7.18. The van der Waals surface area contributed by atoms with Crippen molar-refractivity contribution in [3.8, 4) is 6.07 Å². The molecule has 0 radical (unpaired) electrons. The van der Waals surface area contributed by atoms with E-state index in [4.69, 9.17) is 5.26 Å². The molecule has 1 aromatic rings.